The molecule has 6 nitrogen and oxygen atoms in total. The van der Waals surface area contributed by atoms with Crippen molar-refractivity contribution < 1.29 is 14.3 Å². The number of carbonyl (C=O) groups is 2. The first-order valence-corrected chi connectivity index (χ1v) is 9.06. The Bertz CT molecular complexity index is 962. The maximum atomic E-state index is 12.3. The SMILES string of the molecule is CCCCOC(=O)c1cccc(NC(=O)Cc2cn3ccc(C)cc3n2)c1. The molecule has 0 saturated carbocycles. The number of hydrogen-bond acceptors (Lipinski definition) is 4. The van der Waals surface area contributed by atoms with Gasteiger partial charge < -0.3 is 14.5 Å². The molecule has 0 saturated heterocycles. The molecule has 1 aromatic carbocycles. The number of ether oxygens (including phenoxy) is 1. The predicted molar refractivity (Wildman–Crippen MR) is 104 cm³/mol. The molecule has 1 amide bonds. The van der Waals surface area contributed by atoms with Gasteiger partial charge in [0, 0.05) is 18.1 Å². The molecule has 3 rings (SSSR count). The van der Waals surface area contributed by atoms with Gasteiger partial charge in [0.15, 0.2) is 0 Å². The Hall–Kier alpha value is -3.15. The Morgan fingerprint density at radius 1 is 1.22 bits per heavy atom. The van der Waals surface area contributed by atoms with Crippen LogP contribution in [-0.2, 0) is 16.0 Å². The largest absolute Gasteiger partial charge is 0.462 e. The lowest BCUT2D eigenvalue weighted by molar-refractivity contribution is -0.115. The molecule has 0 atom stereocenters. The van der Waals surface area contributed by atoms with Gasteiger partial charge in [-0.2, -0.15) is 0 Å². The number of fused-ring (bicyclic) bond motifs is 1. The van der Waals surface area contributed by atoms with Crippen LogP contribution >= 0.6 is 0 Å². The first-order chi connectivity index (χ1) is 13.0. The first-order valence-electron chi connectivity index (χ1n) is 9.06. The summed E-state index contributed by atoms with van der Waals surface area (Å²) in [6.07, 6.45) is 5.72. The number of amides is 1. The summed E-state index contributed by atoms with van der Waals surface area (Å²) in [5.41, 5.74) is 3.60. The van der Waals surface area contributed by atoms with Crippen molar-refractivity contribution >= 4 is 23.2 Å². The molecule has 0 aliphatic heterocycles. The molecule has 0 spiro atoms. The number of unbranched alkanes of at least 4 members (excludes halogenated alkanes) is 1. The maximum absolute atomic E-state index is 12.3. The number of aromatic nitrogens is 2. The molecule has 2 aromatic heterocycles. The summed E-state index contributed by atoms with van der Waals surface area (Å²) in [5.74, 6) is -0.568. The number of carbonyl (C=O) groups excluding carboxylic acids is 2. The van der Waals surface area contributed by atoms with Gasteiger partial charge in [-0.25, -0.2) is 9.78 Å². The molecular weight excluding hydrogens is 342 g/mol. The maximum Gasteiger partial charge on any atom is 0.338 e. The van der Waals surface area contributed by atoms with Crippen LogP contribution in [-0.4, -0.2) is 27.9 Å². The summed E-state index contributed by atoms with van der Waals surface area (Å²) < 4.78 is 7.09. The highest BCUT2D eigenvalue weighted by Gasteiger charge is 2.11. The van der Waals surface area contributed by atoms with E-state index in [-0.39, 0.29) is 18.3 Å². The Morgan fingerprint density at radius 2 is 2.07 bits per heavy atom. The summed E-state index contributed by atoms with van der Waals surface area (Å²) in [6.45, 7) is 4.44. The Labute approximate surface area is 158 Å². The van der Waals surface area contributed by atoms with Crippen molar-refractivity contribution in [1.29, 1.82) is 0 Å². The third-order valence-electron chi connectivity index (χ3n) is 4.12. The van der Waals surface area contributed by atoms with Gasteiger partial charge in [-0.1, -0.05) is 19.4 Å². The van der Waals surface area contributed by atoms with E-state index in [1.807, 2.05) is 42.8 Å². The Kier molecular flexibility index (Phi) is 5.86. The van der Waals surface area contributed by atoms with Crippen molar-refractivity contribution in [3.05, 3.63) is 65.6 Å². The summed E-state index contributed by atoms with van der Waals surface area (Å²) in [6, 6.07) is 10.7. The molecular formula is C21H23N3O3. The Morgan fingerprint density at radius 3 is 2.89 bits per heavy atom. The number of anilines is 1. The molecule has 1 N–H and O–H groups in total. The first kappa shape index (κ1) is 18.6. The summed E-state index contributed by atoms with van der Waals surface area (Å²) in [5, 5.41) is 2.81. The number of imidazole rings is 1. The van der Waals surface area contributed by atoms with Gasteiger partial charge in [0.2, 0.25) is 5.91 Å². The average Bonchev–Trinajstić information content (AvgIpc) is 3.03. The number of benzene rings is 1. The van der Waals surface area contributed by atoms with Gasteiger partial charge in [-0.15, -0.1) is 0 Å². The zero-order chi connectivity index (χ0) is 19.2. The summed E-state index contributed by atoms with van der Waals surface area (Å²) in [7, 11) is 0. The minimum atomic E-state index is -0.379. The summed E-state index contributed by atoms with van der Waals surface area (Å²) >= 11 is 0. The highest BCUT2D eigenvalue weighted by atomic mass is 16.5. The second kappa shape index (κ2) is 8.49. The molecule has 0 aliphatic carbocycles. The van der Waals surface area contributed by atoms with Crippen molar-refractivity contribution in [2.45, 2.75) is 33.1 Å². The van der Waals surface area contributed by atoms with Crippen LogP contribution in [0.5, 0.6) is 0 Å². The highest BCUT2D eigenvalue weighted by molar-refractivity contribution is 5.95. The highest BCUT2D eigenvalue weighted by Crippen LogP contribution is 2.13. The quantitative estimate of drug-likeness (QED) is 0.511. The van der Waals surface area contributed by atoms with Gasteiger partial charge in [-0.3, -0.25) is 4.79 Å². The number of aryl methyl sites for hydroxylation is 1. The molecule has 0 fully saturated rings. The second-order valence-electron chi connectivity index (χ2n) is 6.50. The van der Waals surface area contributed by atoms with E-state index in [0.29, 0.717) is 23.6 Å². The number of nitrogens with zero attached hydrogens (tertiary/aromatic N) is 2. The fourth-order valence-electron chi connectivity index (χ4n) is 2.71. The van der Waals surface area contributed by atoms with E-state index in [9.17, 15) is 9.59 Å². The molecule has 0 bridgehead atoms. The zero-order valence-electron chi connectivity index (χ0n) is 15.6. The van der Waals surface area contributed by atoms with E-state index >= 15 is 0 Å². The smallest absolute Gasteiger partial charge is 0.338 e. The van der Waals surface area contributed by atoms with Crippen LogP contribution in [0.4, 0.5) is 5.69 Å². The van der Waals surface area contributed by atoms with Gasteiger partial charge in [-0.05, 0) is 49.2 Å². The standard InChI is InChI=1S/C21H23N3O3/c1-3-4-10-27-21(26)16-6-5-7-17(12-16)23-20(25)13-18-14-24-9-8-15(2)11-19(24)22-18/h5-9,11-12,14H,3-4,10,13H2,1-2H3,(H,23,25). The number of nitrogens with one attached hydrogen (secondary N) is 1. The fraction of sp³-hybridized carbons (Fsp3) is 0.286. The van der Waals surface area contributed by atoms with Crippen molar-refractivity contribution in [3.63, 3.8) is 0 Å². The molecule has 0 unspecified atom stereocenters. The third kappa shape index (κ3) is 4.94. The number of rotatable bonds is 7. The number of pyridine rings is 1. The van der Waals surface area contributed by atoms with Gasteiger partial charge in [0.25, 0.3) is 0 Å². The summed E-state index contributed by atoms with van der Waals surface area (Å²) in [4.78, 5) is 28.8. The van der Waals surface area contributed by atoms with E-state index < -0.39 is 0 Å². The van der Waals surface area contributed by atoms with E-state index in [4.69, 9.17) is 4.74 Å². The van der Waals surface area contributed by atoms with Crippen LogP contribution in [0.25, 0.3) is 5.65 Å². The van der Waals surface area contributed by atoms with Gasteiger partial charge >= 0.3 is 5.97 Å². The third-order valence-corrected chi connectivity index (χ3v) is 4.12. The molecule has 0 radical (unpaired) electrons. The van der Waals surface area contributed by atoms with Crippen molar-refractivity contribution in [3.8, 4) is 0 Å². The minimum absolute atomic E-state index is 0.159. The lowest BCUT2D eigenvalue weighted by atomic mass is 10.2. The predicted octanol–water partition coefficient (Wildman–Crippen LogP) is 3.78. The van der Waals surface area contributed by atoms with Gasteiger partial charge in [0.1, 0.15) is 5.65 Å². The molecule has 140 valence electrons. The number of esters is 1. The van der Waals surface area contributed by atoms with Crippen molar-refractivity contribution in [2.24, 2.45) is 0 Å². The van der Waals surface area contributed by atoms with E-state index in [2.05, 4.69) is 10.3 Å². The molecule has 2 heterocycles. The molecule has 3 aromatic rings. The minimum Gasteiger partial charge on any atom is -0.462 e. The normalized spacial score (nSPS) is 10.7. The number of hydrogen-bond donors (Lipinski definition) is 1. The van der Waals surface area contributed by atoms with E-state index in [1.54, 1.807) is 24.3 Å². The average molecular weight is 365 g/mol. The Balaban J connectivity index is 1.63. The van der Waals surface area contributed by atoms with Crippen LogP contribution in [0.3, 0.4) is 0 Å². The lowest BCUT2D eigenvalue weighted by Gasteiger charge is -2.07. The van der Waals surface area contributed by atoms with Crippen LogP contribution in [0, 0.1) is 6.92 Å². The lowest BCUT2D eigenvalue weighted by Crippen LogP contribution is -2.15. The molecule has 6 heteroatoms. The van der Waals surface area contributed by atoms with Crippen molar-refractivity contribution in [2.75, 3.05) is 11.9 Å². The molecule has 0 aliphatic rings. The second-order valence-corrected chi connectivity index (χ2v) is 6.50. The van der Waals surface area contributed by atoms with Crippen LogP contribution < -0.4 is 5.32 Å². The fourth-order valence-corrected chi connectivity index (χ4v) is 2.71. The monoisotopic (exact) mass is 365 g/mol. The van der Waals surface area contributed by atoms with Crippen LogP contribution in [0.1, 0.15) is 41.4 Å². The molecule has 27 heavy (non-hydrogen) atoms. The van der Waals surface area contributed by atoms with Crippen molar-refractivity contribution in [1.82, 2.24) is 9.38 Å². The topological polar surface area (TPSA) is 72.7 Å². The zero-order valence-corrected chi connectivity index (χ0v) is 15.6. The van der Waals surface area contributed by atoms with E-state index in [0.717, 1.165) is 24.1 Å². The van der Waals surface area contributed by atoms with E-state index in [1.165, 1.54) is 0 Å². The van der Waals surface area contributed by atoms with Gasteiger partial charge in [0.05, 0.1) is 24.3 Å². The van der Waals surface area contributed by atoms with Crippen LogP contribution in [0.15, 0.2) is 48.8 Å². The van der Waals surface area contributed by atoms with Crippen LogP contribution in [0.2, 0.25) is 0 Å².